The van der Waals surface area contributed by atoms with Crippen LogP contribution >= 0.6 is 0 Å². The number of benzene rings is 3. The second kappa shape index (κ2) is 9.71. The number of nitrogens with one attached hydrogen (secondary N) is 1. The maximum Gasteiger partial charge on any atom is 0.339 e. The summed E-state index contributed by atoms with van der Waals surface area (Å²) in [5, 5.41) is 2.70. The van der Waals surface area contributed by atoms with Crippen LogP contribution in [0.2, 0.25) is 0 Å². The van der Waals surface area contributed by atoms with Crippen LogP contribution in [0.3, 0.4) is 0 Å². The molecule has 3 aromatic carbocycles. The van der Waals surface area contributed by atoms with E-state index in [4.69, 9.17) is 4.74 Å². The van der Waals surface area contributed by atoms with E-state index in [9.17, 15) is 14.4 Å². The Labute approximate surface area is 181 Å². The fraction of sp³-hybridized carbons (Fsp3) is 0.160. The quantitative estimate of drug-likeness (QED) is 0.605. The van der Waals surface area contributed by atoms with Gasteiger partial charge < -0.3 is 15.0 Å². The summed E-state index contributed by atoms with van der Waals surface area (Å²) in [4.78, 5) is 39.2. The molecule has 31 heavy (non-hydrogen) atoms. The van der Waals surface area contributed by atoms with Crippen molar-refractivity contribution in [2.24, 2.45) is 0 Å². The van der Waals surface area contributed by atoms with Gasteiger partial charge in [-0.2, -0.15) is 0 Å². The zero-order chi connectivity index (χ0) is 22.4. The molecular formula is C25H24N2O4. The standard InChI is InChI=1S/C25H24N2O4/c1-17-13-14-19(15-18(17)2)26-23(28)16-31-25(30)22-12-8-7-11-21(22)24(29)27(3)20-9-5-4-6-10-20/h4-15H,16H2,1-3H3,(H,26,28). The Morgan fingerprint density at radius 1 is 0.839 bits per heavy atom. The number of esters is 1. The first-order valence-corrected chi connectivity index (χ1v) is 9.83. The molecule has 0 unspecified atom stereocenters. The molecule has 0 aromatic heterocycles. The zero-order valence-corrected chi connectivity index (χ0v) is 17.7. The highest BCUT2D eigenvalue weighted by Crippen LogP contribution is 2.18. The minimum atomic E-state index is -0.736. The Morgan fingerprint density at radius 3 is 2.16 bits per heavy atom. The summed E-state index contributed by atoms with van der Waals surface area (Å²) >= 11 is 0. The van der Waals surface area contributed by atoms with E-state index < -0.39 is 18.5 Å². The number of hydrogen-bond acceptors (Lipinski definition) is 4. The van der Waals surface area contributed by atoms with Gasteiger partial charge in [0.2, 0.25) is 0 Å². The number of nitrogens with zero attached hydrogens (tertiary/aromatic N) is 1. The third-order valence-electron chi connectivity index (χ3n) is 4.95. The predicted octanol–water partition coefficient (Wildman–Crippen LogP) is 4.38. The summed E-state index contributed by atoms with van der Waals surface area (Å²) in [5.41, 5.74) is 3.80. The van der Waals surface area contributed by atoms with Crippen molar-refractivity contribution in [3.05, 3.63) is 95.1 Å². The Balaban J connectivity index is 1.67. The van der Waals surface area contributed by atoms with Gasteiger partial charge in [0.1, 0.15) is 0 Å². The molecule has 0 saturated carbocycles. The van der Waals surface area contributed by atoms with Crippen molar-refractivity contribution in [2.75, 3.05) is 23.9 Å². The molecule has 0 spiro atoms. The molecule has 3 aromatic rings. The summed E-state index contributed by atoms with van der Waals surface area (Å²) in [7, 11) is 1.64. The maximum absolute atomic E-state index is 12.9. The first-order valence-electron chi connectivity index (χ1n) is 9.83. The number of carbonyl (C=O) groups is 3. The molecule has 0 heterocycles. The van der Waals surface area contributed by atoms with Crippen LogP contribution in [0, 0.1) is 13.8 Å². The highest BCUT2D eigenvalue weighted by molar-refractivity contribution is 6.12. The van der Waals surface area contributed by atoms with Gasteiger partial charge in [0, 0.05) is 18.4 Å². The van der Waals surface area contributed by atoms with E-state index in [0.717, 1.165) is 11.1 Å². The Hall–Kier alpha value is -3.93. The van der Waals surface area contributed by atoms with Crippen LogP contribution in [0.15, 0.2) is 72.8 Å². The number of aryl methyl sites for hydroxylation is 2. The molecule has 0 saturated heterocycles. The van der Waals surface area contributed by atoms with Crippen molar-refractivity contribution in [2.45, 2.75) is 13.8 Å². The van der Waals surface area contributed by atoms with Crippen LogP contribution in [0.1, 0.15) is 31.8 Å². The van der Waals surface area contributed by atoms with E-state index in [1.165, 1.54) is 11.0 Å². The first-order chi connectivity index (χ1) is 14.9. The summed E-state index contributed by atoms with van der Waals surface area (Å²) in [6.45, 7) is 3.48. The first kappa shape index (κ1) is 21.8. The molecule has 6 heteroatoms. The highest BCUT2D eigenvalue weighted by Gasteiger charge is 2.22. The van der Waals surface area contributed by atoms with Gasteiger partial charge in [-0.25, -0.2) is 4.79 Å². The van der Waals surface area contributed by atoms with E-state index in [2.05, 4.69) is 5.32 Å². The Bertz CT molecular complexity index is 1110. The molecule has 0 aliphatic rings. The number of amides is 2. The van der Waals surface area contributed by atoms with E-state index in [-0.39, 0.29) is 17.0 Å². The van der Waals surface area contributed by atoms with Gasteiger partial charge in [-0.05, 0) is 61.4 Å². The highest BCUT2D eigenvalue weighted by atomic mass is 16.5. The molecule has 0 bridgehead atoms. The van der Waals surface area contributed by atoms with E-state index in [1.54, 1.807) is 43.4 Å². The van der Waals surface area contributed by atoms with Crippen molar-refractivity contribution in [3.63, 3.8) is 0 Å². The minimum absolute atomic E-state index is 0.106. The molecule has 0 aliphatic carbocycles. The molecule has 0 radical (unpaired) electrons. The van der Waals surface area contributed by atoms with Crippen molar-refractivity contribution in [3.8, 4) is 0 Å². The van der Waals surface area contributed by atoms with Crippen LogP contribution in [0.4, 0.5) is 11.4 Å². The molecule has 0 aliphatic heterocycles. The van der Waals surface area contributed by atoms with Crippen LogP contribution < -0.4 is 10.2 Å². The number of hydrogen-bond donors (Lipinski definition) is 1. The fourth-order valence-corrected chi connectivity index (χ4v) is 3.02. The fourth-order valence-electron chi connectivity index (χ4n) is 3.02. The number of rotatable bonds is 6. The van der Waals surface area contributed by atoms with Gasteiger partial charge in [0.15, 0.2) is 6.61 Å². The van der Waals surface area contributed by atoms with Gasteiger partial charge in [-0.15, -0.1) is 0 Å². The number of para-hydroxylation sites is 1. The van der Waals surface area contributed by atoms with E-state index >= 15 is 0 Å². The second-order valence-corrected chi connectivity index (χ2v) is 7.17. The lowest BCUT2D eigenvalue weighted by Crippen LogP contribution is -2.28. The smallest absolute Gasteiger partial charge is 0.339 e. The van der Waals surface area contributed by atoms with Gasteiger partial charge >= 0.3 is 5.97 Å². The molecule has 2 amide bonds. The third-order valence-corrected chi connectivity index (χ3v) is 4.95. The third kappa shape index (κ3) is 5.36. The van der Waals surface area contributed by atoms with Gasteiger partial charge in [0.05, 0.1) is 11.1 Å². The van der Waals surface area contributed by atoms with Crippen LogP contribution in [0.5, 0.6) is 0 Å². The average molecular weight is 416 g/mol. The molecule has 0 atom stereocenters. The van der Waals surface area contributed by atoms with Gasteiger partial charge in [-0.3, -0.25) is 9.59 Å². The number of ether oxygens (including phenoxy) is 1. The largest absolute Gasteiger partial charge is 0.452 e. The number of carbonyl (C=O) groups excluding carboxylic acids is 3. The van der Waals surface area contributed by atoms with E-state index in [0.29, 0.717) is 11.4 Å². The maximum atomic E-state index is 12.9. The minimum Gasteiger partial charge on any atom is -0.452 e. The van der Waals surface area contributed by atoms with Crippen LogP contribution in [-0.4, -0.2) is 31.4 Å². The molecular weight excluding hydrogens is 392 g/mol. The molecule has 3 rings (SSSR count). The predicted molar refractivity (Wildman–Crippen MR) is 120 cm³/mol. The lowest BCUT2D eigenvalue weighted by molar-refractivity contribution is -0.119. The zero-order valence-electron chi connectivity index (χ0n) is 17.7. The second-order valence-electron chi connectivity index (χ2n) is 7.17. The number of anilines is 2. The summed E-state index contributed by atoms with van der Waals surface area (Å²) in [6, 6.07) is 21.0. The van der Waals surface area contributed by atoms with Crippen LogP contribution in [-0.2, 0) is 9.53 Å². The summed E-state index contributed by atoms with van der Waals surface area (Å²) in [5.74, 6) is -1.54. The van der Waals surface area contributed by atoms with Crippen molar-refractivity contribution >= 4 is 29.2 Å². The molecule has 158 valence electrons. The lowest BCUT2D eigenvalue weighted by atomic mass is 10.1. The molecule has 0 fully saturated rings. The van der Waals surface area contributed by atoms with E-state index in [1.807, 2.05) is 44.2 Å². The summed E-state index contributed by atoms with van der Waals surface area (Å²) in [6.07, 6.45) is 0. The summed E-state index contributed by atoms with van der Waals surface area (Å²) < 4.78 is 5.17. The van der Waals surface area contributed by atoms with Crippen molar-refractivity contribution < 1.29 is 19.1 Å². The Morgan fingerprint density at radius 2 is 1.48 bits per heavy atom. The van der Waals surface area contributed by atoms with Crippen molar-refractivity contribution in [1.29, 1.82) is 0 Å². The van der Waals surface area contributed by atoms with Gasteiger partial charge in [0.25, 0.3) is 11.8 Å². The SMILES string of the molecule is Cc1ccc(NC(=O)COC(=O)c2ccccc2C(=O)N(C)c2ccccc2)cc1C. The topological polar surface area (TPSA) is 75.7 Å². The van der Waals surface area contributed by atoms with Gasteiger partial charge in [-0.1, -0.05) is 36.4 Å². The monoisotopic (exact) mass is 416 g/mol. The molecule has 1 N–H and O–H groups in total. The normalized spacial score (nSPS) is 10.3. The van der Waals surface area contributed by atoms with Crippen LogP contribution in [0.25, 0.3) is 0 Å². The average Bonchev–Trinajstić information content (AvgIpc) is 2.79. The van der Waals surface area contributed by atoms with Crippen molar-refractivity contribution in [1.82, 2.24) is 0 Å². The lowest BCUT2D eigenvalue weighted by Gasteiger charge is -2.18. The Kier molecular flexibility index (Phi) is 6.82. The molecule has 6 nitrogen and oxygen atoms in total.